The highest BCUT2D eigenvalue weighted by atomic mass is 16.3. The third-order valence-corrected chi connectivity index (χ3v) is 4.43. The zero-order valence-electron chi connectivity index (χ0n) is 14.8. The number of ketones is 1. The summed E-state index contributed by atoms with van der Waals surface area (Å²) in [6.45, 7) is 0. The molecule has 3 aromatic carbocycles. The Hall–Kier alpha value is -3.52. The smallest absolute Gasteiger partial charge is 0.294 e. The van der Waals surface area contributed by atoms with Crippen LogP contribution in [0.5, 0.6) is 0 Å². The molecule has 0 fully saturated rings. The highest BCUT2D eigenvalue weighted by Crippen LogP contribution is 2.29. The first kappa shape index (κ1) is 16.9. The van der Waals surface area contributed by atoms with Crippen molar-refractivity contribution in [3.63, 3.8) is 0 Å². The second kappa shape index (κ2) is 7.79. The van der Waals surface area contributed by atoms with E-state index in [0.29, 0.717) is 6.42 Å². The Balaban J connectivity index is 1.75. The Labute approximate surface area is 158 Å². The number of carbonyl (C=O) groups excluding carboxylic acids is 1. The van der Waals surface area contributed by atoms with Gasteiger partial charge >= 0.3 is 11.5 Å². The summed E-state index contributed by atoms with van der Waals surface area (Å²) in [5, 5.41) is 0. The SMILES string of the molecule is O=C(Cc1cc(-c2ccccc2)[o+]c(-c2ccccc2)c1)c1ccccc1. The summed E-state index contributed by atoms with van der Waals surface area (Å²) in [6.07, 6.45) is 0.333. The van der Waals surface area contributed by atoms with E-state index in [1.165, 1.54) is 0 Å². The molecule has 27 heavy (non-hydrogen) atoms. The van der Waals surface area contributed by atoms with Gasteiger partial charge < -0.3 is 0 Å². The van der Waals surface area contributed by atoms with Crippen molar-refractivity contribution < 1.29 is 9.21 Å². The van der Waals surface area contributed by atoms with Crippen LogP contribution in [0.4, 0.5) is 0 Å². The Kier molecular flexibility index (Phi) is 4.88. The summed E-state index contributed by atoms with van der Waals surface area (Å²) in [6, 6.07) is 33.2. The molecule has 0 amide bonds. The van der Waals surface area contributed by atoms with Crippen molar-refractivity contribution in [2.45, 2.75) is 6.42 Å². The predicted octanol–water partition coefficient (Wildman–Crippen LogP) is 6.32. The van der Waals surface area contributed by atoms with Crippen molar-refractivity contribution in [2.75, 3.05) is 0 Å². The minimum atomic E-state index is 0.0971. The van der Waals surface area contributed by atoms with Gasteiger partial charge in [-0.2, -0.15) is 0 Å². The van der Waals surface area contributed by atoms with Crippen molar-refractivity contribution in [2.24, 2.45) is 0 Å². The molecule has 0 aliphatic heterocycles. The standard InChI is InChI=1S/C25H19O2/c26-23(20-10-4-1-5-11-20)16-19-17-24(21-12-6-2-7-13-21)27-25(18-19)22-14-8-3-9-15-22/h1-15,17-18H,16H2/q+1. The van der Waals surface area contributed by atoms with Crippen LogP contribution < -0.4 is 0 Å². The van der Waals surface area contributed by atoms with E-state index >= 15 is 0 Å². The molecule has 4 aromatic rings. The van der Waals surface area contributed by atoms with Crippen LogP contribution in [0.2, 0.25) is 0 Å². The Morgan fingerprint density at radius 3 is 1.56 bits per heavy atom. The van der Waals surface area contributed by atoms with Crippen molar-refractivity contribution >= 4 is 5.78 Å². The van der Waals surface area contributed by atoms with Crippen molar-refractivity contribution in [1.82, 2.24) is 0 Å². The quantitative estimate of drug-likeness (QED) is 0.311. The van der Waals surface area contributed by atoms with Crippen LogP contribution in [0.1, 0.15) is 15.9 Å². The molecular formula is C25H19O2+. The maximum Gasteiger partial charge on any atom is 0.361 e. The first-order valence-corrected chi connectivity index (χ1v) is 8.96. The van der Waals surface area contributed by atoms with Gasteiger partial charge in [-0.25, -0.2) is 4.42 Å². The first-order chi connectivity index (χ1) is 13.3. The topological polar surface area (TPSA) is 28.4 Å². The van der Waals surface area contributed by atoms with E-state index in [2.05, 4.69) is 0 Å². The molecule has 1 heterocycles. The van der Waals surface area contributed by atoms with E-state index < -0.39 is 0 Å². The lowest BCUT2D eigenvalue weighted by Crippen LogP contribution is -2.03. The molecule has 0 unspecified atom stereocenters. The molecule has 0 aliphatic carbocycles. The average Bonchev–Trinajstić information content (AvgIpc) is 2.75. The van der Waals surface area contributed by atoms with Gasteiger partial charge in [0.2, 0.25) is 0 Å². The lowest BCUT2D eigenvalue weighted by Gasteiger charge is -2.02. The van der Waals surface area contributed by atoms with Gasteiger partial charge in [0.05, 0.1) is 11.1 Å². The van der Waals surface area contributed by atoms with Gasteiger partial charge in [-0.3, -0.25) is 4.79 Å². The maximum atomic E-state index is 12.7. The zero-order valence-corrected chi connectivity index (χ0v) is 14.8. The zero-order chi connectivity index (χ0) is 18.5. The Morgan fingerprint density at radius 2 is 1.07 bits per heavy atom. The largest absolute Gasteiger partial charge is 0.361 e. The fourth-order valence-electron chi connectivity index (χ4n) is 3.06. The van der Waals surface area contributed by atoms with Gasteiger partial charge in [-0.1, -0.05) is 66.7 Å². The summed E-state index contributed by atoms with van der Waals surface area (Å²) >= 11 is 0. The number of hydrogen-bond acceptors (Lipinski definition) is 1. The van der Waals surface area contributed by atoms with Crippen LogP contribution in [-0.4, -0.2) is 5.78 Å². The second-order valence-corrected chi connectivity index (χ2v) is 6.39. The molecule has 0 aliphatic rings. The van der Waals surface area contributed by atoms with E-state index in [1.54, 1.807) is 0 Å². The van der Waals surface area contributed by atoms with Gasteiger partial charge in [0.15, 0.2) is 5.78 Å². The average molecular weight is 351 g/mol. The Bertz CT molecular complexity index is 982. The van der Waals surface area contributed by atoms with E-state index in [0.717, 1.165) is 33.8 Å². The van der Waals surface area contributed by atoms with Crippen LogP contribution in [0.25, 0.3) is 22.6 Å². The molecule has 130 valence electrons. The molecule has 0 atom stereocenters. The van der Waals surface area contributed by atoms with Gasteiger partial charge in [-0.15, -0.1) is 0 Å². The van der Waals surface area contributed by atoms with Gasteiger partial charge in [-0.05, 0) is 29.8 Å². The molecule has 0 N–H and O–H groups in total. The molecule has 0 saturated carbocycles. The third-order valence-electron chi connectivity index (χ3n) is 4.43. The first-order valence-electron chi connectivity index (χ1n) is 8.96. The minimum absolute atomic E-state index is 0.0971. The van der Waals surface area contributed by atoms with Crippen molar-refractivity contribution in [1.29, 1.82) is 0 Å². The number of benzene rings is 3. The van der Waals surface area contributed by atoms with Crippen LogP contribution in [0.3, 0.4) is 0 Å². The molecule has 2 nitrogen and oxygen atoms in total. The lowest BCUT2D eigenvalue weighted by molar-refractivity contribution is 0.0993. The van der Waals surface area contributed by atoms with Crippen LogP contribution in [0, 0.1) is 0 Å². The molecule has 0 spiro atoms. The van der Waals surface area contributed by atoms with Crippen molar-refractivity contribution in [3.8, 4) is 22.6 Å². The molecule has 2 heteroatoms. The number of Topliss-reactive ketones (excluding diaryl/α,β-unsaturated/α-hetero) is 1. The molecule has 0 bridgehead atoms. The summed E-state index contributed by atoms with van der Waals surface area (Å²) in [4.78, 5) is 12.7. The molecular weight excluding hydrogens is 332 g/mol. The fourth-order valence-corrected chi connectivity index (χ4v) is 3.06. The molecule has 0 radical (unpaired) electrons. The normalized spacial score (nSPS) is 10.5. The Morgan fingerprint density at radius 1 is 0.630 bits per heavy atom. The van der Waals surface area contributed by atoms with Crippen LogP contribution in [-0.2, 0) is 6.42 Å². The van der Waals surface area contributed by atoms with Crippen LogP contribution in [0.15, 0.2) is 108 Å². The van der Waals surface area contributed by atoms with E-state index in [-0.39, 0.29) is 5.78 Å². The van der Waals surface area contributed by atoms with E-state index in [9.17, 15) is 4.79 Å². The second-order valence-electron chi connectivity index (χ2n) is 6.39. The monoisotopic (exact) mass is 351 g/mol. The number of rotatable bonds is 5. The fraction of sp³-hybridized carbons (Fsp3) is 0.0400. The van der Waals surface area contributed by atoms with E-state index in [1.807, 2.05) is 103 Å². The minimum Gasteiger partial charge on any atom is -0.294 e. The van der Waals surface area contributed by atoms with E-state index in [4.69, 9.17) is 4.42 Å². The van der Waals surface area contributed by atoms with Crippen LogP contribution >= 0.6 is 0 Å². The van der Waals surface area contributed by atoms with Gasteiger partial charge in [0, 0.05) is 24.1 Å². The number of carbonyl (C=O) groups is 1. The highest BCUT2D eigenvalue weighted by Gasteiger charge is 2.21. The van der Waals surface area contributed by atoms with Gasteiger partial charge in [0.25, 0.3) is 0 Å². The summed E-state index contributed by atoms with van der Waals surface area (Å²) in [7, 11) is 0. The molecule has 4 rings (SSSR count). The highest BCUT2D eigenvalue weighted by molar-refractivity contribution is 5.97. The third kappa shape index (κ3) is 4.01. The molecule has 1 aromatic heterocycles. The summed E-state index contributed by atoms with van der Waals surface area (Å²) in [5.74, 6) is 1.61. The number of hydrogen-bond donors (Lipinski definition) is 0. The maximum absolute atomic E-state index is 12.7. The summed E-state index contributed by atoms with van der Waals surface area (Å²) < 4.78 is 6.17. The molecule has 0 saturated heterocycles. The summed E-state index contributed by atoms with van der Waals surface area (Å²) in [5.41, 5.74) is 3.64. The van der Waals surface area contributed by atoms with Crippen molar-refractivity contribution in [3.05, 3.63) is 114 Å². The predicted molar refractivity (Wildman–Crippen MR) is 108 cm³/mol. The lowest BCUT2D eigenvalue weighted by atomic mass is 10.0. The van der Waals surface area contributed by atoms with Gasteiger partial charge in [0.1, 0.15) is 0 Å².